The number of benzene rings is 1. The van der Waals surface area contributed by atoms with Crippen LogP contribution in [-0.2, 0) is 16.0 Å². The van der Waals surface area contributed by atoms with Gasteiger partial charge >= 0.3 is 5.97 Å². The van der Waals surface area contributed by atoms with Crippen LogP contribution in [0.5, 0.6) is 5.75 Å². The maximum absolute atomic E-state index is 12.1. The third kappa shape index (κ3) is 3.62. The molecule has 0 fully saturated rings. The summed E-state index contributed by atoms with van der Waals surface area (Å²) in [6.07, 6.45) is 2.62. The zero-order valence-corrected chi connectivity index (χ0v) is 17.0. The van der Waals surface area contributed by atoms with Crippen LogP contribution in [0.3, 0.4) is 0 Å². The Hall–Kier alpha value is -2.44. The third-order valence-electron chi connectivity index (χ3n) is 4.62. The van der Waals surface area contributed by atoms with Crippen LogP contribution in [0, 0.1) is 0 Å². The summed E-state index contributed by atoms with van der Waals surface area (Å²) in [6, 6.07) is 9.96. The Morgan fingerprint density at radius 3 is 2.89 bits per heavy atom. The molecule has 4 rings (SSSR count). The molecule has 1 unspecified atom stereocenters. The topological polar surface area (TPSA) is 68.7 Å². The van der Waals surface area contributed by atoms with Crippen molar-refractivity contribution in [3.8, 4) is 16.9 Å². The van der Waals surface area contributed by atoms with Crippen molar-refractivity contribution in [1.29, 1.82) is 0 Å². The summed E-state index contributed by atoms with van der Waals surface area (Å²) >= 11 is 1.39. The van der Waals surface area contributed by atoms with Crippen molar-refractivity contribution in [3.63, 3.8) is 0 Å². The van der Waals surface area contributed by atoms with E-state index in [1.165, 1.54) is 11.3 Å². The van der Waals surface area contributed by atoms with Crippen LogP contribution in [0.2, 0.25) is 0 Å². The first-order valence-corrected chi connectivity index (χ1v) is 10.2. The quantitative estimate of drug-likeness (QED) is 0.653. The fraction of sp³-hybridized carbons (Fsp3) is 0.364. The fourth-order valence-corrected chi connectivity index (χ4v) is 4.71. The van der Waals surface area contributed by atoms with Crippen LogP contribution in [0.15, 0.2) is 36.5 Å². The molecule has 3 aromatic rings. The first-order chi connectivity index (χ1) is 13.3. The number of ether oxygens (including phenoxy) is 2. The predicted molar refractivity (Wildman–Crippen MR) is 110 cm³/mol. The van der Waals surface area contributed by atoms with Crippen molar-refractivity contribution in [3.05, 3.63) is 47.0 Å². The van der Waals surface area contributed by atoms with Crippen LogP contribution >= 0.6 is 11.3 Å². The van der Waals surface area contributed by atoms with E-state index in [2.05, 4.69) is 11.1 Å². The van der Waals surface area contributed by atoms with Gasteiger partial charge in [0, 0.05) is 17.1 Å². The molecule has 1 aromatic carbocycles. The lowest BCUT2D eigenvalue weighted by Gasteiger charge is -2.25. The van der Waals surface area contributed by atoms with Crippen molar-refractivity contribution < 1.29 is 19.4 Å². The van der Waals surface area contributed by atoms with Gasteiger partial charge in [-0.25, -0.2) is 9.78 Å². The largest absolute Gasteiger partial charge is 0.493 e. The van der Waals surface area contributed by atoms with Gasteiger partial charge in [0.15, 0.2) is 6.10 Å². The number of aromatic nitrogens is 1. The van der Waals surface area contributed by atoms with Crippen LogP contribution in [-0.4, -0.2) is 28.3 Å². The molecule has 1 N–H and O–H groups in total. The van der Waals surface area contributed by atoms with E-state index in [1.807, 2.05) is 45.0 Å². The van der Waals surface area contributed by atoms with Crippen LogP contribution in [0.4, 0.5) is 0 Å². The molecule has 3 heterocycles. The van der Waals surface area contributed by atoms with E-state index < -0.39 is 17.7 Å². The Kier molecular flexibility index (Phi) is 4.85. The second-order valence-corrected chi connectivity index (χ2v) is 8.95. The van der Waals surface area contributed by atoms with Gasteiger partial charge in [0.2, 0.25) is 0 Å². The Bertz CT molecular complexity index is 1030. The molecule has 0 saturated carbocycles. The maximum atomic E-state index is 12.1. The number of nitrogens with zero attached hydrogens (tertiary/aromatic N) is 1. The summed E-state index contributed by atoms with van der Waals surface area (Å²) < 4.78 is 11.7. The summed E-state index contributed by atoms with van der Waals surface area (Å²) in [5.41, 5.74) is 2.43. The van der Waals surface area contributed by atoms with Gasteiger partial charge in [-0.1, -0.05) is 6.07 Å². The van der Waals surface area contributed by atoms with Gasteiger partial charge < -0.3 is 14.6 Å². The summed E-state index contributed by atoms with van der Waals surface area (Å²) in [5.74, 6) is -0.0843. The van der Waals surface area contributed by atoms with E-state index in [-0.39, 0.29) is 0 Å². The minimum atomic E-state index is -1.05. The molecule has 0 amide bonds. The zero-order chi connectivity index (χ0) is 19.9. The molecule has 0 aliphatic carbocycles. The second-order valence-electron chi connectivity index (χ2n) is 7.92. The van der Waals surface area contributed by atoms with Gasteiger partial charge in [-0.05, 0) is 69.0 Å². The van der Waals surface area contributed by atoms with Crippen LogP contribution < -0.4 is 4.74 Å². The van der Waals surface area contributed by atoms with Gasteiger partial charge in [0.1, 0.15) is 10.6 Å². The van der Waals surface area contributed by atoms with E-state index in [4.69, 9.17) is 9.47 Å². The molecular weight excluding hydrogens is 374 g/mol. The highest BCUT2D eigenvalue weighted by Crippen LogP contribution is 2.44. The molecule has 28 heavy (non-hydrogen) atoms. The molecule has 0 spiro atoms. The Balaban J connectivity index is 1.92. The number of carbonyl (C=O) groups is 1. The average molecular weight is 397 g/mol. The first kappa shape index (κ1) is 18.9. The first-order valence-electron chi connectivity index (χ1n) is 9.37. The maximum Gasteiger partial charge on any atom is 0.338 e. The van der Waals surface area contributed by atoms with Gasteiger partial charge in [-0.3, -0.25) is 0 Å². The van der Waals surface area contributed by atoms with Crippen LogP contribution in [0.25, 0.3) is 21.3 Å². The normalized spacial score (nSPS) is 15.1. The standard InChI is InChI=1S/C22H23NO4S/c1-22(2,3)27-18(21(24)25)19-17(15-7-4-10-23-20(15)28-19)14-8-9-16-13(12-14)6-5-11-26-16/h4,7-10,12,18H,5-6,11H2,1-3H3,(H,24,25). The molecule has 0 radical (unpaired) electrons. The summed E-state index contributed by atoms with van der Waals surface area (Å²) in [5, 5.41) is 10.9. The minimum Gasteiger partial charge on any atom is -0.493 e. The number of fused-ring (bicyclic) bond motifs is 2. The lowest BCUT2D eigenvalue weighted by molar-refractivity contribution is -0.160. The number of hydrogen-bond acceptors (Lipinski definition) is 5. The number of aryl methyl sites for hydroxylation is 1. The van der Waals surface area contributed by atoms with Gasteiger partial charge in [-0.15, -0.1) is 11.3 Å². The highest BCUT2D eigenvalue weighted by atomic mass is 32.1. The van der Waals surface area contributed by atoms with E-state index in [9.17, 15) is 9.90 Å². The number of carboxylic acid groups (broad SMARTS) is 1. The molecule has 0 saturated heterocycles. The number of carboxylic acids is 1. The molecule has 1 aliphatic rings. The van der Waals surface area contributed by atoms with E-state index in [0.717, 1.165) is 52.1 Å². The third-order valence-corrected chi connectivity index (χ3v) is 5.78. The monoisotopic (exact) mass is 397 g/mol. The van der Waals surface area contributed by atoms with Crippen molar-refractivity contribution in [2.45, 2.75) is 45.3 Å². The smallest absolute Gasteiger partial charge is 0.338 e. The fourth-order valence-electron chi connectivity index (χ4n) is 3.52. The summed E-state index contributed by atoms with van der Waals surface area (Å²) in [7, 11) is 0. The Morgan fingerprint density at radius 1 is 1.32 bits per heavy atom. The van der Waals surface area contributed by atoms with Gasteiger partial charge in [0.25, 0.3) is 0 Å². The number of aliphatic carboxylic acids is 1. The molecule has 0 bridgehead atoms. The lowest BCUT2D eigenvalue weighted by Crippen LogP contribution is -2.27. The highest BCUT2D eigenvalue weighted by molar-refractivity contribution is 7.19. The van der Waals surface area contributed by atoms with E-state index in [0.29, 0.717) is 4.88 Å². The Morgan fingerprint density at radius 2 is 2.14 bits per heavy atom. The molecule has 2 aromatic heterocycles. The van der Waals surface area contributed by atoms with Gasteiger partial charge in [-0.2, -0.15) is 0 Å². The molecule has 146 valence electrons. The molecule has 1 aliphatic heterocycles. The molecular formula is C22H23NO4S. The SMILES string of the molecule is CC(C)(C)OC(C(=O)O)c1sc2ncccc2c1-c1ccc2c(c1)CCCO2. The van der Waals surface area contributed by atoms with Crippen molar-refractivity contribution in [1.82, 2.24) is 4.98 Å². The van der Waals surface area contributed by atoms with Crippen molar-refractivity contribution in [2.24, 2.45) is 0 Å². The summed E-state index contributed by atoms with van der Waals surface area (Å²) in [6.45, 7) is 6.34. The molecule has 1 atom stereocenters. The second kappa shape index (κ2) is 7.18. The summed E-state index contributed by atoms with van der Waals surface area (Å²) in [4.78, 5) is 18.1. The highest BCUT2D eigenvalue weighted by Gasteiger charge is 2.32. The number of hydrogen-bond donors (Lipinski definition) is 1. The minimum absolute atomic E-state index is 0.590. The van der Waals surface area contributed by atoms with Crippen LogP contribution in [0.1, 0.15) is 43.7 Å². The van der Waals surface area contributed by atoms with Gasteiger partial charge in [0.05, 0.1) is 17.1 Å². The van der Waals surface area contributed by atoms with Crippen molar-refractivity contribution >= 4 is 27.5 Å². The lowest BCUT2D eigenvalue weighted by atomic mass is 9.96. The van der Waals surface area contributed by atoms with E-state index in [1.54, 1.807) is 6.20 Å². The Labute approximate surface area is 167 Å². The average Bonchev–Trinajstić information content (AvgIpc) is 3.04. The number of rotatable bonds is 4. The predicted octanol–water partition coefficient (Wildman–Crippen LogP) is 5.23. The van der Waals surface area contributed by atoms with Crippen molar-refractivity contribution in [2.75, 3.05) is 6.61 Å². The van der Waals surface area contributed by atoms with E-state index >= 15 is 0 Å². The molecule has 6 heteroatoms. The number of thiophene rings is 1. The molecule has 5 nitrogen and oxygen atoms in total. The number of pyridine rings is 1. The zero-order valence-electron chi connectivity index (χ0n) is 16.2.